The monoisotopic (exact) mass is 591 g/mol. The van der Waals surface area contributed by atoms with Crippen LogP contribution in [-0.4, -0.2) is 163 Å². The average Bonchev–Trinajstić information content (AvgIpc) is 2.81. The normalized spacial score (nSPS) is 38.7. The molecule has 2 aliphatic rings. The lowest BCUT2D eigenvalue weighted by molar-refractivity contribution is -0.651. The quantitative estimate of drug-likeness (QED) is 0.122. The third-order valence-electron chi connectivity index (χ3n) is 8.53. The van der Waals surface area contributed by atoms with Crippen molar-refractivity contribution in [1.29, 1.82) is 5.26 Å². The largest absolute Gasteiger partial charge is 0.375 e. The molecular formula is C19H33N3O18. The number of hydrogen-bond donors (Lipinski definition) is 19. The number of rotatable bonds is 7. The molecule has 1 amide bonds. The number of aliphatic hydroxyl groups excluding tert-OH is 1. The molecule has 2 aliphatic carbocycles. The summed E-state index contributed by atoms with van der Waals surface area (Å²) in [5.74, 6) is -32.4. The Labute approximate surface area is 222 Å². The fourth-order valence-electron chi connectivity index (χ4n) is 5.38. The number of nitriles is 1. The molecule has 0 radical (unpaired) electrons. The molecule has 21 heteroatoms. The predicted molar refractivity (Wildman–Crippen MR) is 115 cm³/mol. The van der Waals surface area contributed by atoms with Crippen molar-refractivity contribution in [3.05, 3.63) is 0 Å². The van der Waals surface area contributed by atoms with E-state index in [1.165, 1.54) is 6.07 Å². The number of nitrogens with one attached hydrogen (secondary N) is 1. The van der Waals surface area contributed by atoms with Gasteiger partial charge < -0.3 is 97.9 Å². The van der Waals surface area contributed by atoms with Crippen LogP contribution in [0.4, 0.5) is 0 Å². The fourth-order valence-corrected chi connectivity index (χ4v) is 5.38. The molecule has 0 aromatic heterocycles. The second-order valence-corrected chi connectivity index (χ2v) is 10.5. The molecule has 232 valence electrons. The van der Waals surface area contributed by atoms with Crippen LogP contribution in [0.25, 0.3) is 0 Å². The first-order valence-electron chi connectivity index (χ1n) is 11.1. The van der Waals surface area contributed by atoms with Crippen molar-refractivity contribution in [3.8, 4) is 6.07 Å². The molecule has 2 fully saturated rings. The third-order valence-corrected chi connectivity index (χ3v) is 8.53. The van der Waals surface area contributed by atoms with E-state index in [9.17, 15) is 91.6 Å². The van der Waals surface area contributed by atoms with Crippen LogP contribution >= 0.6 is 0 Å². The van der Waals surface area contributed by atoms with Gasteiger partial charge in [0, 0.05) is 12.5 Å². The lowest BCUT2D eigenvalue weighted by atomic mass is 9.39. The number of amides is 1. The predicted octanol–water partition coefficient (Wildman–Crippen LogP) is -11.4. The molecule has 4 atom stereocenters. The van der Waals surface area contributed by atoms with Crippen LogP contribution in [0.15, 0.2) is 0 Å². The molecule has 21 nitrogen and oxygen atoms in total. The van der Waals surface area contributed by atoms with Gasteiger partial charge in [-0.15, -0.1) is 0 Å². The number of aliphatic hydroxyl groups is 17. The molecule has 0 saturated heterocycles. The van der Waals surface area contributed by atoms with Gasteiger partial charge >= 0.3 is 0 Å². The van der Waals surface area contributed by atoms with Crippen molar-refractivity contribution in [3.63, 3.8) is 0 Å². The van der Waals surface area contributed by atoms with Crippen molar-refractivity contribution < 1.29 is 91.6 Å². The van der Waals surface area contributed by atoms with Gasteiger partial charge in [0.25, 0.3) is 0 Å². The van der Waals surface area contributed by atoms with Gasteiger partial charge in [-0.3, -0.25) is 4.79 Å². The molecule has 0 aromatic rings. The Morgan fingerprint density at radius 2 is 1.20 bits per heavy atom. The lowest BCUT2D eigenvalue weighted by Gasteiger charge is -2.77. The van der Waals surface area contributed by atoms with Gasteiger partial charge in [0.1, 0.15) is 11.5 Å². The van der Waals surface area contributed by atoms with Gasteiger partial charge in [-0.05, 0) is 6.92 Å². The summed E-state index contributed by atoms with van der Waals surface area (Å²) in [5.41, 5.74) is -14.4. The van der Waals surface area contributed by atoms with Crippen LogP contribution in [0, 0.1) is 22.7 Å². The Morgan fingerprint density at radius 3 is 1.52 bits per heavy atom. The maximum Gasteiger partial charge on any atom is 0.244 e. The molecule has 2 saturated carbocycles. The first kappa shape index (κ1) is 34.4. The van der Waals surface area contributed by atoms with E-state index < -0.39 is 94.1 Å². The molecule has 2 bridgehead atoms. The summed E-state index contributed by atoms with van der Waals surface area (Å²) in [4.78, 5) is 12.9. The molecule has 40 heavy (non-hydrogen) atoms. The number of carbonyl (C=O) groups excluding carboxylic acids is 1. The van der Waals surface area contributed by atoms with Gasteiger partial charge in [0.05, 0.1) is 12.5 Å². The molecule has 20 N–H and O–H groups in total. The van der Waals surface area contributed by atoms with E-state index in [4.69, 9.17) is 11.0 Å². The maximum atomic E-state index is 12.9. The van der Waals surface area contributed by atoms with Crippen LogP contribution in [0.3, 0.4) is 0 Å². The minimum absolute atomic E-state index is 0.0375. The first-order chi connectivity index (χ1) is 17.5. The van der Waals surface area contributed by atoms with E-state index in [-0.39, 0.29) is 6.92 Å². The highest BCUT2D eigenvalue weighted by Crippen LogP contribution is 2.71. The summed E-state index contributed by atoms with van der Waals surface area (Å²) in [6.07, 6.45) is -4.90. The number of nitrogens with zero attached hydrogens (tertiary/aromatic N) is 1. The summed E-state index contributed by atoms with van der Waals surface area (Å²) in [5, 5.41) is 189. The third kappa shape index (κ3) is 3.17. The van der Waals surface area contributed by atoms with Crippen LogP contribution < -0.4 is 11.1 Å². The van der Waals surface area contributed by atoms with E-state index in [2.05, 4.69) is 0 Å². The van der Waals surface area contributed by atoms with Crippen LogP contribution in [0.5, 0.6) is 0 Å². The fraction of sp³-hybridized carbons (Fsp3) is 0.895. The van der Waals surface area contributed by atoms with E-state index >= 15 is 0 Å². The van der Waals surface area contributed by atoms with Crippen molar-refractivity contribution >= 4 is 5.91 Å². The minimum atomic E-state index is -5.41. The zero-order valence-corrected chi connectivity index (χ0v) is 20.7. The highest BCUT2D eigenvalue weighted by Gasteiger charge is 3.05. The Bertz CT molecular complexity index is 1020. The first-order valence-corrected chi connectivity index (χ1v) is 11.1. The Balaban J connectivity index is 2.87. The Hall–Kier alpha value is -1.76. The summed E-state index contributed by atoms with van der Waals surface area (Å²) in [7, 11) is 0. The van der Waals surface area contributed by atoms with Crippen molar-refractivity contribution in [2.24, 2.45) is 17.1 Å². The van der Waals surface area contributed by atoms with E-state index in [1.807, 2.05) is 5.32 Å². The summed E-state index contributed by atoms with van der Waals surface area (Å²) >= 11 is 0. The summed E-state index contributed by atoms with van der Waals surface area (Å²) in [6.45, 7) is 0.264. The second-order valence-electron chi connectivity index (χ2n) is 10.5. The average molecular weight is 591 g/mol. The lowest BCUT2D eigenvalue weighted by Crippen LogP contribution is -3.09. The molecule has 4 unspecified atom stereocenters. The van der Waals surface area contributed by atoms with Crippen LogP contribution in [0.1, 0.15) is 20.3 Å². The van der Waals surface area contributed by atoms with Crippen LogP contribution in [-0.2, 0) is 4.79 Å². The van der Waals surface area contributed by atoms with E-state index in [1.54, 1.807) is 0 Å². The second kappa shape index (κ2) is 8.87. The Kier molecular flexibility index (Phi) is 7.64. The molecule has 0 aliphatic heterocycles. The van der Waals surface area contributed by atoms with Gasteiger partial charge in [-0.1, -0.05) is 6.92 Å². The van der Waals surface area contributed by atoms with Gasteiger partial charge in [-0.25, -0.2) is 0 Å². The minimum Gasteiger partial charge on any atom is -0.375 e. The highest BCUT2D eigenvalue weighted by atomic mass is 16.7. The topological polar surface area (TPSA) is 423 Å². The molecule has 0 spiro atoms. The van der Waals surface area contributed by atoms with Gasteiger partial charge in [0.15, 0.2) is 12.1 Å². The summed E-state index contributed by atoms with van der Waals surface area (Å²) < 4.78 is 0. The summed E-state index contributed by atoms with van der Waals surface area (Å²) in [6, 6.07) is -1.62. The van der Waals surface area contributed by atoms with E-state index in [0.717, 1.165) is 6.92 Å². The SMILES string of the molecule is CC(CNC(=O)C(N)C1(C)C(O)(O)C2(O)C(O)(O)C(O)(C(O)O)C(O)(O)C(O)(C1(O)O)C2(O)O)C(O)(O)CC#N. The zero-order chi connectivity index (χ0) is 32.1. The number of fused-ring (bicyclic) bond motifs is 2. The van der Waals surface area contributed by atoms with Crippen molar-refractivity contribution in [2.45, 2.75) is 84.1 Å². The van der Waals surface area contributed by atoms with Gasteiger partial charge in [-0.2, -0.15) is 5.26 Å². The molecule has 0 heterocycles. The van der Waals surface area contributed by atoms with Crippen LogP contribution in [0.2, 0.25) is 0 Å². The number of carbonyl (C=O) groups is 1. The molecule has 2 rings (SSSR count). The molecular weight excluding hydrogens is 558 g/mol. The maximum absolute atomic E-state index is 12.9. The van der Waals surface area contributed by atoms with Crippen molar-refractivity contribution in [1.82, 2.24) is 5.32 Å². The zero-order valence-electron chi connectivity index (χ0n) is 20.7. The number of nitrogens with two attached hydrogens (primary N) is 1. The smallest absolute Gasteiger partial charge is 0.244 e. The number of hydrogen-bond acceptors (Lipinski definition) is 20. The molecule has 0 aromatic carbocycles. The Morgan fingerprint density at radius 1 is 0.825 bits per heavy atom. The standard InChI is InChI=1S/C19H33N3O18/c1-6(11(26,27)3-4-20)5-22-8(23)7(21)10(2)15(31,32)13(29)17(35,36)12(28,9(24)25)18(37,38)14(30,16(10,33)34)19(13,39)40/h6-7,9,24-40H,3,5,21H2,1-2H3,(H,22,23). The highest BCUT2D eigenvalue weighted by molar-refractivity contribution is 5.83. The van der Waals surface area contributed by atoms with Gasteiger partial charge in [0.2, 0.25) is 51.6 Å². The van der Waals surface area contributed by atoms with E-state index in [0.29, 0.717) is 0 Å². The van der Waals surface area contributed by atoms with Crippen molar-refractivity contribution in [2.75, 3.05) is 6.54 Å².